The molecule has 2 N–H and O–H groups in total. The van der Waals surface area contributed by atoms with E-state index in [0.29, 0.717) is 11.6 Å². The summed E-state index contributed by atoms with van der Waals surface area (Å²) < 4.78 is 0. The standard InChI is InChI=1S/C20H18ClN3O/c21-15-6-7-17-18(8-9-22-19(17)11-15)23-12-13-2-1-3-16(10-13)24-20(25)14-4-5-14/h1-3,6-11,14H,4-5,12H2,(H,22,23)(H,24,25). The third-order valence-electron chi connectivity index (χ3n) is 4.33. The van der Waals surface area contributed by atoms with Gasteiger partial charge in [-0.25, -0.2) is 0 Å². The number of nitrogens with one attached hydrogen (secondary N) is 2. The van der Waals surface area contributed by atoms with Crippen molar-refractivity contribution in [2.45, 2.75) is 19.4 Å². The third-order valence-corrected chi connectivity index (χ3v) is 4.57. The first-order valence-corrected chi connectivity index (χ1v) is 8.75. The van der Waals surface area contributed by atoms with Gasteiger partial charge in [0.05, 0.1) is 5.52 Å². The van der Waals surface area contributed by atoms with E-state index >= 15 is 0 Å². The van der Waals surface area contributed by atoms with E-state index in [4.69, 9.17) is 11.6 Å². The van der Waals surface area contributed by atoms with E-state index in [9.17, 15) is 4.79 Å². The second-order valence-corrected chi connectivity index (χ2v) is 6.77. The second kappa shape index (κ2) is 6.73. The lowest BCUT2D eigenvalue weighted by Crippen LogP contribution is -2.13. The van der Waals surface area contributed by atoms with E-state index in [1.807, 2.05) is 48.5 Å². The van der Waals surface area contributed by atoms with E-state index in [-0.39, 0.29) is 11.8 Å². The van der Waals surface area contributed by atoms with Crippen LogP contribution in [0.3, 0.4) is 0 Å². The molecule has 0 spiro atoms. The lowest BCUT2D eigenvalue weighted by Gasteiger charge is -2.11. The highest BCUT2D eigenvalue weighted by atomic mass is 35.5. The molecular weight excluding hydrogens is 334 g/mol. The molecule has 3 aromatic rings. The number of fused-ring (bicyclic) bond motifs is 1. The summed E-state index contributed by atoms with van der Waals surface area (Å²) in [4.78, 5) is 16.2. The number of amides is 1. The van der Waals surface area contributed by atoms with Crippen LogP contribution in [0.2, 0.25) is 5.02 Å². The number of hydrogen-bond acceptors (Lipinski definition) is 3. The molecule has 1 fully saturated rings. The van der Waals surface area contributed by atoms with Crippen LogP contribution >= 0.6 is 11.6 Å². The minimum Gasteiger partial charge on any atom is -0.380 e. The van der Waals surface area contributed by atoms with Gasteiger partial charge in [-0.05, 0) is 54.8 Å². The van der Waals surface area contributed by atoms with E-state index in [2.05, 4.69) is 15.6 Å². The molecule has 0 radical (unpaired) electrons. The predicted molar refractivity (Wildman–Crippen MR) is 102 cm³/mol. The number of nitrogens with zero attached hydrogens (tertiary/aromatic N) is 1. The molecule has 4 nitrogen and oxygen atoms in total. The summed E-state index contributed by atoms with van der Waals surface area (Å²) in [7, 11) is 0. The van der Waals surface area contributed by atoms with Crippen LogP contribution in [0.15, 0.2) is 54.7 Å². The van der Waals surface area contributed by atoms with Gasteiger partial charge in [0.15, 0.2) is 0 Å². The SMILES string of the molecule is O=C(Nc1cccc(CNc2ccnc3cc(Cl)ccc23)c1)C1CC1. The van der Waals surface area contributed by atoms with Gasteiger partial charge in [0, 0.05) is 40.4 Å². The van der Waals surface area contributed by atoms with Crippen molar-refractivity contribution >= 4 is 39.8 Å². The van der Waals surface area contributed by atoms with E-state index in [1.165, 1.54) is 0 Å². The normalized spacial score (nSPS) is 13.6. The highest BCUT2D eigenvalue weighted by Gasteiger charge is 2.29. The number of aromatic nitrogens is 1. The van der Waals surface area contributed by atoms with Crippen LogP contribution in [-0.2, 0) is 11.3 Å². The highest BCUT2D eigenvalue weighted by molar-refractivity contribution is 6.31. The molecule has 1 amide bonds. The Kier molecular flexibility index (Phi) is 4.28. The Balaban J connectivity index is 1.49. The van der Waals surface area contributed by atoms with Gasteiger partial charge in [-0.2, -0.15) is 0 Å². The fraction of sp³-hybridized carbons (Fsp3) is 0.200. The average molecular weight is 352 g/mol. The van der Waals surface area contributed by atoms with Crippen molar-refractivity contribution in [1.82, 2.24) is 4.98 Å². The summed E-state index contributed by atoms with van der Waals surface area (Å²) in [5, 5.41) is 8.14. The van der Waals surface area contributed by atoms with Gasteiger partial charge in [-0.1, -0.05) is 23.7 Å². The number of benzene rings is 2. The summed E-state index contributed by atoms with van der Waals surface area (Å²) >= 11 is 6.03. The zero-order valence-electron chi connectivity index (χ0n) is 13.6. The van der Waals surface area contributed by atoms with E-state index in [1.54, 1.807) is 6.20 Å². The van der Waals surface area contributed by atoms with Crippen molar-refractivity contribution in [3.8, 4) is 0 Å². The number of carbonyl (C=O) groups is 1. The van der Waals surface area contributed by atoms with Gasteiger partial charge in [0.2, 0.25) is 5.91 Å². The number of hydrogen-bond donors (Lipinski definition) is 2. The molecular formula is C20H18ClN3O. The maximum absolute atomic E-state index is 11.9. The Morgan fingerprint density at radius 2 is 2.04 bits per heavy atom. The third kappa shape index (κ3) is 3.74. The molecule has 4 rings (SSSR count). The van der Waals surface area contributed by atoms with E-state index < -0.39 is 0 Å². The van der Waals surface area contributed by atoms with Crippen LogP contribution in [0.4, 0.5) is 11.4 Å². The molecule has 1 aliphatic rings. The van der Waals surface area contributed by atoms with Crippen molar-refractivity contribution in [3.63, 3.8) is 0 Å². The van der Waals surface area contributed by atoms with E-state index in [0.717, 1.165) is 40.7 Å². The van der Waals surface area contributed by atoms with Crippen molar-refractivity contribution in [3.05, 3.63) is 65.3 Å². The Labute approximate surface area is 151 Å². The molecule has 2 aromatic carbocycles. The number of rotatable bonds is 5. The van der Waals surface area contributed by atoms with Gasteiger partial charge in [-0.3, -0.25) is 9.78 Å². The second-order valence-electron chi connectivity index (χ2n) is 6.34. The van der Waals surface area contributed by atoms with Crippen LogP contribution in [0.25, 0.3) is 10.9 Å². The first-order valence-electron chi connectivity index (χ1n) is 8.37. The molecule has 126 valence electrons. The summed E-state index contributed by atoms with van der Waals surface area (Å²) in [6.45, 7) is 0.662. The molecule has 1 aromatic heterocycles. The summed E-state index contributed by atoms with van der Waals surface area (Å²) in [5.41, 5.74) is 3.83. The zero-order valence-corrected chi connectivity index (χ0v) is 14.4. The molecule has 5 heteroatoms. The van der Waals surface area contributed by atoms with Gasteiger partial charge in [0.1, 0.15) is 0 Å². The average Bonchev–Trinajstić information content (AvgIpc) is 3.45. The largest absolute Gasteiger partial charge is 0.380 e. The maximum atomic E-state index is 11.9. The van der Waals surface area contributed by atoms with Crippen LogP contribution in [0, 0.1) is 5.92 Å². The van der Waals surface area contributed by atoms with Crippen molar-refractivity contribution in [2.75, 3.05) is 10.6 Å². The Morgan fingerprint density at radius 1 is 1.16 bits per heavy atom. The maximum Gasteiger partial charge on any atom is 0.227 e. The molecule has 0 saturated heterocycles. The van der Waals surface area contributed by atoms with Crippen LogP contribution < -0.4 is 10.6 Å². The summed E-state index contributed by atoms with van der Waals surface area (Å²) in [6.07, 6.45) is 3.78. The van der Waals surface area contributed by atoms with Crippen molar-refractivity contribution in [2.24, 2.45) is 5.92 Å². The Morgan fingerprint density at radius 3 is 2.88 bits per heavy atom. The van der Waals surface area contributed by atoms with Gasteiger partial charge in [0.25, 0.3) is 0 Å². The monoisotopic (exact) mass is 351 g/mol. The highest BCUT2D eigenvalue weighted by Crippen LogP contribution is 2.30. The fourth-order valence-corrected chi connectivity index (χ4v) is 2.99. The van der Waals surface area contributed by atoms with Crippen LogP contribution in [0.1, 0.15) is 18.4 Å². The minimum absolute atomic E-state index is 0.127. The predicted octanol–water partition coefficient (Wildman–Crippen LogP) is 4.85. The molecule has 0 bridgehead atoms. The van der Waals surface area contributed by atoms with Crippen LogP contribution in [0.5, 0.6) is 0 Å². The summed E-state index contributed by atoms with van der Waals surface area (Å²) in [6, 6.07) is 15.6. The van der Waals surface area contributed by atoms with Crippen molar-refractivity contribution in [1.29, 1.82) is 0 Å². The minimum atomic E-state index is 0.127. The Hall–Kier alpha value is -2.59. The first kappa shape index (κ1) is 15.9. The number of halogens is 1. The molecule has 0 unspecified atom stereocenters. The molecule has 1 saturated carbocycles. The molecule has 1 heterocycles. The van der Waals surface area contributed by atoms with Gasteiger partial charge >= 0.3 is 0 Å². The summed E-state index contributed by atoms with van der Waals surface area (Å²) in [5.74, 6) is 0.332. The quantitative estimate of drug-likeness (QED) is 0.691. The number of pyridine rings is 1. The van der Waals surface area contributed by atoms with Crippen LogP contribution in [-0.4, -0.2) is 10.9 Å². The Bertz CT molecular complexity index is 937. The molecule has 0 aliphatic heterocycles. The number of anilines is 2. The lowest BCUT2D eigenvalue weighted by molar-refractivity contribution is -0.117. The first-order chi connectivity index (χ1) is 12.2. The fourth-order valence-electron chi connectivity index (χ4n) is 2.82. The molecule has 0 atom stereocenters. The van der Waals surface area contributed by atoms with Crippen molar-refractivity contribution < 1.29 is 4.79 Å². The molecule has 1 aliphatic carbocycles. The van der Waals surface area contributed by atoms with Gasteiger partial charge < -0.3 is 10.6 Å². The lowest BCUT2D eigenvalue weighted by atomic mass is 10.1. The van der Waals surface area contributed by atoms with Gasteiger partial charge in [-0.15, -0.1) is 0 Å². The number of carbonyl (C=O) groups excluding carboxylic acids is 1. The topological polar surface area (TPSA) is 54.0 Å². The molecule has 25 heavy (non-hydrogen) atoms. The smallest absolute Gasteiger partial charge is 0.227 e. The zero-order chi connectivity index (χ0) is 17.2.